The lowest BCUT2D eigenvalue weighted by Crippen LogP contribution is -2.35. The van der Waals surface area contributed by atoms with Gasteiger partial charge in [-0.05, 0) is 59.9 Å². The molecule has 0 unspecified atom stereocenters. The molecule has 1 saturated heterocycles. The highest BCUT2D eigenvalue weighted by molar-refractivity contribution is 5.91. The number of aromatic nitrogens is 1. The Hall–Kier alpha value is -3.95. The topological polar surface area (TPSA) is 63.1 Å². The zero-order valence-corrected chi connectivity index (χ0v) is 20.2. The first-order valence-electron chi connectivity index (χ1n) is 12.5. The number of carbonyl (C=O) groups is 1. The molecule has 0 radical (unpaired) electrons. The van der Waals surface area contributed by atoms with E-state index in [-0.39, 0.29) is 11.7 Å². The molecule has 182 valence electrons. The van der Waals surface area contributed by atoms with E-state index in [1.807, 2.05) is 59.5 Å². The highest BCUT2D eigenvalue weighted by Crippen LogP contribution is 2.32. The van der Waals surface area contributed by atoms with Crippen LogP contribution >= 0.6 is 0 Å². The fraction of sp³-hybridized carbons (Fsp3) is 0.267. The molecule has 2 heterocycles. The number of rotatable bonds is 6. The zero-order chi connectivity index (χ0) is 24.9. The van der Waals surface area contributed by atoms with Crippen molar-refractivity contribution in [2.75, 3.05) is 26.2 Å². The van der Waals surface area contributed by atoms with Crippen molar-refractivity contribution < 1.29 is 9.18 Å². The van der Waals surface area contributed by atoms with Gasteiger partial charge < -0.3 is 9.88 Å². The predicted octanol–water partition coefficient (Wildman–Crippen LogP) is 5.51. The summed E-state index contributed by atoms with van der Waals surface area (Å²) in [6.45, 7) is 4.01. The van der Waals surface area contributed by atoms with Crippen molar-refractivity contribution in [3.05, 3.63) is 95.3 Å². The van der Waals surface area contributed by atoms with E-state index in [1.165, 1.54) is 11.6 Å². The third kappa shape index (κ3) is 5.32. The van der Waals surface area contributed by atoms with Gasteiger partial charge in [-0.2, -0.15) is 5.26 Å². The van der Waals surface area contributed by atoms with Crippen molar-refractivity contribution in [1.29, 1.82) is 5.26 Å². The van der Waals surface area contributed by atoms with Crippen molar-refractivity contribution >= 4 is 16.8 Å². The summed E-state index contributed by atoms with van der Waals surface area (Å²) in [5.74, 6) is -0.136. The van der Waals surface area contributed by atoms with E-state index in [9.17, 15) is 9.18 Å². The molecule has 0 atom stereocenters. The van der Waals surface area contributed by atoms with Crippen LogP contribution in [0.25, 0.3) is 22.2 Å². The smallest absolute Gasteiger partial charge is 0.222 e. The molecule has 1 N–H and O–H groups in total. The Balaban J connectivity index is 1.25. The Morgan fingerprint density at radius 2 is 1.78 bits per heavy atom. The molecule has 0 bridgehead atoms. The Bertz CT molecular complexity index is 1390. The third-order valence-corrected chi connectivity index (χ3v) is 6.95. The van der Waals surface area contributed by atoms with E-state index >= 15 is 0 Å². The first kappa shape index (κ1) is 23.8. The highest BCUT2D eigenvalue weighted by Gasteiger charge is 2.21. The summed E-state index contributed by atoms with van der Waals surface area (Å²) < 4.78 is 14.1. The number of benzene rings is 3. The van der Waals surface area contributed by atoms with E-state index in [1.54, 1.807) is 12.1 Å². The minimum absolute atomic E-state index is 0.139. The maximum atomic E-state index is 14.1. The summed E-state index contributed by atoms with van der Waals surface area (Å²) >= 11 is 0. The summed E-state index contributed by atoms with van der Waals surface area (Å²) in [7, 11) is 0. The quantitative estimate of drug-likeness (QED) is 0.396. The molecule has 1 aromatic heterocycles. The number of H-pyrrole nitrogens is 1. The molecule has 1 aliphatic rings. The van der Waals surface area contributed by atoms with Gasteiger partial charge in [0.15, 0.2) is 0 Å². The van der Waals surface area contributed by atoms with Crippen LogP contribution < -0.4 is 0 Å². The number of fused-ring (bicyclic) bond motifs is 1. The van der Waals surface area contributed by atoms with E-state index in [2.05, 4.69) is 16.0 Å². The van der Waals surface area contributed by atoms with Crippen LogP contribution in [0.5, 0.6) is 0 Å². The molecule has 0 aliphatic carbocycles. The van der Waals surface area contributed by atoms with Crippen molar-refractivity contribution in [3.8, 4) is 17.3 Å². The standard InChI is InChI=1S/C30H29FN4O/c31-25-11-13-28-27(19-25)26(30(33-28)24-5-2-1-3-6-24)12-14-29(36)35-16-4-15-34(17-18-35)21-23-9-7-22(20-32)8-10-23/h1-3,5-11,13,19,33H,4,12,14-18,21H2. The molecule has 0 saturated carbocycles. The number of hydrogen-bond acceptors (Lipinski definition) is 3. The van der Waals surface area contributed by atoms with Crippen LogP contribution in [0.4, 0.5) is 4.39 Å². The first-order valence-corrected chi connectivity index (χ1v) is 12.5. The van der Waals surface area contributed by atoms with Gasteiger partial charge in [-0.25, -0.2) is 4.39 Å². The van der Waals surface area contributed by atoms with Gasteiger partial charge in [-0.15, -0.1) is 0 Å². The number of halogens is 1. The lowest BCUT2D eigenvalue weighted by Gasteiger charge is -2.22. The Kier molecular flexibility index (Phi) is 7.11. The fourth-order valence-corrected chi connectivity index (χ4v) is 5.04. The van der Waals surface area contributed by atoms with Crippen molar-refractivity contribution in [3.63, 3.8) is 0 Å². The largest absolute Gasteiger partial charge is 0.354 e. The van der Waals surface area contributed by atoms with Crippen LogP contribution in [0.1, 0.15) is 29.5 Å². The molecular weight excluding hydrogens is 451 g/mol. The highest BCUT2D eigenvalue weighted by atomic mass is 19.1. The molecule has 5 rings (SSSR count). The van der Waals surface area contributed by atoms with E-state index in [0.29, 0.717) is 24.9 Å². The van der Waals surface area contributed by atoms with Gasteiger partial charge in [0.1, 0.15) is 5.82 Å². The molecule has 36 heavy (non-hydrogen) atoms. The third-order valence-electron chi connectivity index (χ3n) is 6.95. The van der Waals surface area contributed by atoms with Crippen molar-refractivity contribution in [1.82, 2.24) is 14.8 Å². The normalized spacial score (nSPS) is 14.5. The van der Waals surface area contributed by atoms with Gasteiger partial charge in [0, 0.05) is 55.7 Å². The van der Waals surface area contributed by atoms with Gasteiger partial charge in [-0.1, -0.05) is 42.5 Å². The molecule has 1 fully saturated rings. The molecule has 1 aliphatic heterocycles. The summed E-state index contributed by atoms with van der Waals surface area (Å²) in [5, 5.41) is 9.83. The number of carbonyl (C=O) groups excluding carboxylic acids is 1. The summed E-state index contributed by atoms with van der Waals surface area (Å²) in [6, 6.07) is 24.6. The molecule has 3 aromatic carbocycles. The lowest BCUT2D eigenvalue weighted by molar-refractivity contribution is -0.131. The SMILES string of the molecule is N#Cc1ccc(CN2CCCN(C(=O)CCc3c(-c4ccccc4)[nH]c4ccc(F)cc34)CC2)cc1. The summed E-state index contributed by atoms with van der Waals surface area (Å²) in [4.78, 5) is 21.0. The summed E-state index contributed by atoms with van der Waals surface area (Å²) in [6.07, 6.45) is 1.87. The first-order chi connectivity index (χ1) is 17.6. The predicted molar refractivity (Wildman–Crippen MR) is 140 cm³/mol. The molecule has 1 amide bonds. The average Bonchev–Trinajstić information content (AvgIpc) is 3.09. The van der Waals surface area contributed by atoms with Crippen molar-refractivity contribution in [2.24, 2.45) is 0 Å². The molecule has 4 aromatic rings. The van der Waals surface area contributed by atoms with Gasteiger partial charge in [0.2, 0.25) is 5.91 Å². The second kappa shape index (κ2) is 10.8. The van der Waals surface area contributed by atoms with Crippen LogP contribution in [0.3, 0.4) is 0 Å². The molecular formula is C30H29FN4O. The van der Waals surface area contributed by atoms with Gasteiger partial charge in [-0.3, -0.25) is 9.69 Å². The van der Waals surface area contributed by atoms with Gasteiger partial charge >= 0.3 is 0 Å². The maximum absolute atomic E-state index is 14.1. The minimum Gasteiger partial charge on any atom is -0.354 e. The van der Waals surface area contributed by atoms with Crippen LogP contribution in [0.15, 0.2) is 72.8 Å². The second-order valence-electron chi connectivity index (χ2n) is 9.35. The number of hydrogen-bond donors (Lipinski definition) is 1. The Labute approximate surface area is 210 Å². The Morgan fingerprint density at radius 3 is 2.56 bits per heavy atom. The van der Waals surface area contributed by atoms with Crippen LogP contribution in [0, 0.1) is 17.1 Å². The monoisotopic (exact) mass is 480 g/mol. The number of nitrogens with zero attached hydrogens (tertiary/aromatic N) is 3. The second-order valence-corrected chi connectivity index (χ2v) is 9.35. The van der Waals surface area contributed by atoms with E-state index < -0.39 is 0 Å². The number of nitriles is 1. The Morgan fingerprint density at radius 1 is 0.972 bits per heavy atom. The molecule has 6 heteroatoms. The fourth-order valence-electron chi connectivity index (χ4n) is 5.04. The number of aryl methyl sites for hydroxylation is 1. The molecule has 0 spiro atoms. The van der Waals surface area contributed by atoms with Gasteiger partial charge in [0.05, 0.1) is 11.6 Å². The van der Waals surface area contributed by atoms with Crippen LogP contribution in [-0.2, 0) is 17.8 Å². The zero-order valence-electron chi connectivity index (χ0n) is 20.2. The number of amides is 1. The number of aromatic amines is 1. The number of nitrogens with one attached hydrogen (secondary N) is 1. The van der Waals surface area contributed by atoms with E-state index in [4.69, 9.17) is 5.26 Å². The van der Waals surface area contributed by atoms with Gasteiger partial charge in [0.25, 0.3) is 0 Å². The summed E-state index contributed by atoms with van der Waals surface area (Å²) in [5.41, 5.74) is 5.69. The van der Waals surface area contributed by atoms with Crippen LogP contribution in [0.2, 0.25) is 0 Å². The van der Waals surface area contributed by atoms with Crippen LogP contribution in [-0.4, -0.2) is 46.9 Å². The van der Waals surface area contributed by atoms with E-state index in [0.717, 1.165) is 60.3 Å². The minimum atomic E-state index is -0.274. The lowest BCUT2D eigenvalue weighted by atomic mass is 10.0. The van der Waals surface area contributed by atoms with Crippen molar-refractivity contribution in [2.45, 2.75) is 25.8 Å². The average molecular weight is 481 g/mol. The maximum Gasteiger partial charge on any atom is 0.222 e. The molecule has 5 nitrogen and oxygen atoms in total.